The van der Waals surface area contributed by atoms with E-state index in [0.717, 1.165) is 0 Å². The van der Waals surface area contributed by atoms with Crippen LogP contribution in [-0.4, -0.2) is 30.2 Å². The Balaban J connectivity index is 2.51. The molecule has 0 fully saturated rings. The highest BCUT2D eigenvalue weighted by atomic mass is 16.5. The van der Waals surface area contributed by atoms with Gasteiger partial charge in [-0.3, -0.25) is 4.79 Å². The molecular weight excluding hydrogens is 246 g/mol. The average Bonchev–Trinajstić information content (AvgIpc) is 2.44. The molecule has 0 aliphatic carbocycles. The molecule has 1 aromatic carbocycles. The van der Waals surface area contributed by atoms with Gasteiger partial charge in [-0.1, -0.05) is 5.16 Å². The maximum absolute atomic E-state index is 11.7. The van der Waals surface area contributed by atoms with Crippen LogP contribution in [0.4, 0.5) is 5.69 Å². The van der Waals surface area contributed by atoms with E-state index in [9.17, 15) is 4.79 Å². The van der Waals surface area contributed by atoms with Crippen LogP contribution in [0.5, 0.6) is 0 Å². The van der Waals surface area contributed by atoms with Crippen molar-refractivity contribution in [3.05, 3.63) is 29.8 Å². The molecule has 0 aliphatic heterocycles. The molecule has 1 rings (SSSR count). The summed E-state index contributed by atoms with van der Waals surface area (Å²) >= 11 is 0. The normalized spacial score (nSPS) is 13.1. The van der Waals surface area contributed by atoms with Gasteiger partial charge >= 0.3 is 0 Å². The Bertz CT molecular complexity index is 443. The number of hydrogen-bond acceptors (Lipinski definition) is 4. The first-order chi connectivity index (χ1) is 9.06. The predicted octanol–water partition coefficient (Wildman–Crippen LogP) is 1.53. The van der Waals surface area contributed by atoms with E-state index in [1.54, 1.807) is 31.4 Å². The first kappa shape index (κ1) is 15.0. The third-order valence-corrected chi connectivity index (χ3v) is 2.75. The molecule has 0 saturated carbocycles. The summed E-state index contributed by atoms with van der Waals surface area (Å²) in [5, 5.41) is 14.2. The number of anilines is 1. The number of methoxy groups -OCH3 is 1. The van der Waals surface area contributed by atoms with Crippen LogP contribution < -0.4 is 11.1 Å². The zero-order valence-electron chi connectivity index (χ0n) is 11.1. The van der Waals surface area contributed by atoms with E-state index in [-0.39, 0.29) is 17.8 Å². The average molecular weight is 265 g/mol. The number of amides is 1. The monoisotopic (exact) mass is 265 g/mol. The molecule has 0 saturated heterocycles. The van der Waals surface area contributed by atoms with Gasteiger partial charge in [-0.2, -0.15) is 0 Å². The van der Waals surface area contributed by atoms with Crippen molar-refractivity contribution in [2.75, 3.05) is 12.4 Å². The SMILES string of the molecule is COC(C)CCC(=O)Nc1ccc(/C(N)=N/O)cc1. The molecule has 6 heteroatoms. The third-order valence-electron chi connectivity index (χ3n) is 2.75. The summed E-state index contributed by atoms with van der Waals surface area (Å²) in [7, 11) is 1.62. The van der Waals surface area contributed by atoms with E-state index >= 15 is 0 Å². The van der Waals surface area contributed by atoms with Crippen LogP contribution in [0.1, 0.15) is 25.3 Å². The lowest BCUT2D eigenvalue weighted by atomic mass is 10.2. The van der Waals surface area contributed by atoms with Gasteiger partial charge in [0.2, 0.25) is 5.91 Å². The molecule has 0 spiro atoms. The number of nitrogens with zero attached hydrogens (tertiary/aromatic N) is 1. The molecule has 1 amide bonds. The van der Waals surface area contributed by atoms with Crippen LogP contribution in [0.3, 0.4) is 0 Å². The maximum atomic E-state index is 11.7. The van der Waals surface area contributed by atoms with Gasteiger partial charge in [-0.25, -0.2) is 0 Å². The second-order valence-electron chi connectivity index (χ2n) is 4.20. The van der Waals surface area contributed by atoms with E-state index in [1.807, 2.05) is 6.92 Å². The molecule has 1 unspecified atom stereocenters. The number of amidine groups is 1. The molecule has 0 aromatic heterocycles. The molecule has 104 valence electrons. The Morgan fingerprint density at radius 1 is 1.47 bits per heavy atom. The van der Waals surface area contributed by atoms with Crippen molar-refractivity contribution < 1.29 is 14.7 Å². The third kappa shape index (κ3) is 4.97. The maximum Gasteiger partial charge on any atom is 0.224 e. The van der Waals surface area contributed by atoms with Crippen molar-refractivity contribution in [3.8, 4) is 0 Å². The van der Waals surface area contributed by atoms with Crippen molar-refractivity contribution in [1.29, 1.82) is 0 Å². The summed E-state index contributed by atoms with van der Waals surface area (Å²) in [6, 6.07) is 6.74. The van der Waals surface area contributed by atoms with Crippen LogP contribution in [0.25, 0.3) is 0 Å². The molecule has 19 heavy (non-hydrogen) atoms. The quantitative estimate of drug-likeness (QED) is 0.314. The fraction of sp³-hybridized carbons (Fsp3) is 0.385. The number of rotatable bonds is 6. The Morgan fingerprint density at radius 2 is 2.11 bits per heavy atom. The molecule has 0 radical (unpaired) electrons. The number of carbonyl (C=O) groups is 1. The summed E-state index contributed by atoms with van der Waals surface area (Å²) in [5.74, 6) is -0.0350. The van der Waals surface area contributed by atoms with Crippen molar-refractivity contribution in [2.45, 2.75) is 25.9 Å². The number of carbonyl (C=O) groups excluding carboxylic acids is 1. The van der Waals surface area contributed by atoms with E-state index in [4.69, 9.17) is 15.7 Å². The molecular formula is C13H19N3O3. The molecule has 0 heterocycles. The summed E-state index contributed by atoms with van der Waals surface area (Å²) in [6.07, 6.45) is 1.13. The minimum Gasteiger partial charge on any atom is -0.409 e. The Morgan fingerprint density at radius 3 is 2.63 bits per heavy atom. The number of nitrogens with one attached hydrogen (secondary N) is 1. The number of nitrogens with two attached hydrogens (primary N) is 1. The molecule has 1 aromatic rings. The van der Waals surface area contributed by atoms with Gasteiger partial charge in [0.25, 0.3) is 0 Å². The minimum absolute atomic E-state index is 0.0341. The summed E-state index contributed by atoms with van der Waals surface area (Å²) < 4.78 is 5.07. The second kappa shape index (κ2) is 7.38. The summed E-state index contributed by atoms with van der Waals surface area (Å²) in [5.41, 5.74) is 6.70. The van der Waals surface area contributed by atoms with Gasteiger partial charge < -0.3 is 21.0 Å². The van der Waals surface area contributed by atoms with Crippen molar-refractivity contribution in [1.82, 2.24) is 0 Å². The van der Waals surface area contributed by atoms with Crippen molar-refractivity contribution >= 4 is 17.4 Å². The van der Waals surface area contributed by atoms with Gasteiger partial charge in [0.1, 0.15) is 0 Å². The highest BCUT2D eigenvalue weighted by Crippen LogP contribution is 2.10. The topological polar surface area (TPSA) is 96.9 Å². The molecule has 4 N–H and O–H groups in total. The number of ether oxygens (including phenoxy) is 1. The molecule has 0 aliphatic rings. The van der Waals surface area contributed by atoms with Crippen LogP contribution in [0.15, 0.2) is 29.4 Å². The zero-order chi connectivity index (χ0) is 14.3. The summed E-state index contributed by atoms with van der Waals surface area (Å²) in [4.78, 5) is 11.7. The minimum atomic E-state index is -0.0690. The van der Waals surface area contributed by atoms with E-state index in [1.165, 1.54) is 0 Å². The predicted molar refractivity (Wildman–Crippen MR) is 73.3 cm³/mol. The highest BCUT2D eigenvalue weighted by molar-refractivity contribution is 5.98. The van der Waals surface area contributed by atoms with Gasteiger partial charge in [-0.05, 0) is 37.6 Å². The zero-order valence-corrected chi connectivity index (χ0v) is 11.1. The van der Waals surface area contributed by atoms with E-state index < -0.39 is 0 Å². The number of hydrogen-bond donors (Lipinski definition) is 3. The molecule has 1 atom stereocenters. The lowest BCUT2D eigenvalue weighted by molar-refractivity contribution is -0.116. The molecule has 0 bridgehead atoms. The largest absolute Gasteiger partial charge is 0.409 e. The lowest BCUT2D eigenvalue weighted by Crippen LogP contribution is -2.16. The van der Waals surface area contributed by atoms with Gasteiger partial charge in [0, 0.05) is 24.8 Å². The van der Waals surface area contributed by atoms with E-state index in [2.05, 4.69) is 10.5 Å². The fourth-order valence-electron chi connectivity index (χ4n) is 1.46. The fourth-order valence-corrected chi connectivity index (χ4v) is 1.46. The van der Waals surface area contributed by atoms with Gasteiger partial charge in [0.15, 0.2) is 5.84 Å². The van der Waals surface area contributed by atoms with Crippen LogP contribution in [0.2, 0.25) is 0 Å². The van der Waals surface area contributed by atoms with Gasteiger partial charge in [0.05, 0.1) is 6.10 Å². The summed E-state index contributed by atoms with van der Waals surface area (Å²) in [6.45, 7) is 1.92. The Hall–Kier alpha value is -2.08. The van der Waals surface area contributed by atoms with Crippen molar-refractivity contribution in [2.24, 2.45) is 10.9 Å². The number of oxime groups is 1. The second-order valence-corrected chi connectivity index (χ2v) is 4.20. The van der Waals surface area contributed by atoms with E-state index in [0.29, 0.717) is 24.1 Å². The van der Waals surface area contributed by atoms with Crippen molar-refractivity contribution in [3.63, 3.8) is 0 Å². The first-order valence-corrected chi connectivity index (χ1v) is 5.97. The van der Waals surface area contributed by atoms with Crippen LogP contribution >= 0.6 is 0 Å². The van der Waals surface area contributed by atoms with Gasteiger partial charge in [-0.15, -0.1) is 0 Å². The molecule has 6 nitrogen and oxygen atoms in total. The smallest absolute Gasteiger partial charge is 0.224 e. The first-order valence-electron chi connectivity index (χ1n) is 5.97. The highest BCUT2D eigenvalue weighted by Gasteiger charge is 2.06. The van der Waals surface area contributed by atoms with Crippen LogP contribution in [-0.2, 0) is 9.53 Å². The Kier molecular flexibility index (Phi) is 5.81. The standard InChI is InChI=1S/C13H19N3O3/c1-9(19-2)3-8-12(17)15-11-6-4-10(5-7-11)13(14)16-18/h4-7,9,18H,3,8H2,1-2H3,(H2,14,16)(H,15,17). The number of benzene rings is 1. The Labute approximate surface area is 112 Å². The van der Waals surface area contributed by atoms with Crippen LogP contribution in [0, 0.1) is 0 Å². The lowest BCUT2D eigenvalue weighted by Gasteiger charge is -2.09.